The van der Waals surface area contributed by atoms with Crippen LogP contribution in [0.3, 0.4) is 0 Å². The zero-order valence-electron chi connectivity index (χ0n) is 10.9. The molecule has 1 atom stereocenters. The molecular formula is C14H15N3O2S. The van der Waals surface area contributed by atoms with Gasteiger partial charge in [-0.2, -0.15) is 0 Å². The Morgan fingerprint density at radius 1 is 1.45 bits per heavy atom. The third kappa shape index (κ3) is 2.86. The van der Waals surface area contributed by atoms with Crippen molar-refractivity contribution in [1.82, 2.24) is 15.3 Å². The Morgan fingerprint density at radius 2 is 2.35 bits per heavy atom. The average Bonchev–Trinajstić information content (AvgIpc) is 3.17. The normalized spacial score (nSPS) is 18.1. The van der Waals surface area contributed by atoms with Crippen LogP contribution in [0.15, 0.2) is 29.9 Å². The average molecular weight is 289 g/mol. The zero-order valence-corrected chi connectivity index (χ0v) is 11.7. The van der Waals surface area contributed by atoms with Crippen LogP contribution in [0.1, 0.15) is 18.5 Å². The predicted octanol–water partition coefficient (Wildman–Crippen LogP) is 2.00. The molecular weight excluding hydrogens is 274 g/mol. The van der Waals surface area contributed by atoms with E-state index in [4.69, 9.17) is 4.74 Å². The summed E-state index contributed by atoms with van der Waals surface area (Å²) in [6, 6.07) is 3.98. The van der Waals surface area contributed by atoms with Crippen LogP contribution in [0.25, 0.3) is 10.6 Å². The van der Waals surface area contributed by atoms with Crippen LogP contribution >= 0.6 is 11.3 Å². The Morgan fingerprint density at radius 3 is 3.10 bits per heavy atom. The van der Waals surface area contributed by atoms with E-state index < -0.39 is 0 Å². The zero-order chi connectivity index (χ0) is 13.8. The maximum atomic E-state index is 11.9. The quantitative estimate of drug-likeness (QED) is 0.935. The minimum atomic E-state index is -0.308. The van der Waals surface area contributed by atoms with Gasteiger partial charge in [-0.1, -0.05) is 6.07 Å². The number of hydrogen-bond donors (Lipinski definition) is 1. The molecule has 0 spiro atoms. The lowest BCUT2D eigenvalue weighted by Crippen LogP contribution is -2.34. The lowest BCUT2D eigenvalue weighted by molar-refractivity contribution is -0.130. The molecule has 0 saturated carbocycles. The standard InChI is InChI=1S/C14H15N3O2S/c18-14(11-3-1-7-19-11)17-9-10-13(16-6-5-15-10)12-4-2-8-20-12/h2,4-6,8,11H,1,3,7,9H2,(H,17,18)/t11-/m1/s1. The molecule has 0 aliphatic carbocycles. The molecule has 5 nitrogen and oxygen atoms in total. The molecule has 0 radical (unpaired) electrons. The van der Waals surface area contributed by atoms with Gasteiger partial charge in [-0.05, 0) is 24.3 Å². The predicted molar refractivity (Wildman–Crippen MR) is 76.2 cm³/mol. The van der Waals surface area contributed by atoms with Gasteiger partial charge in [0.05, 0.1) is 17.1 Å². The van der Waals surface area contributed by atoms with Crippen molar-refractivity contribution in [3.8, 4) is 10.6 Å². The van der Waals surface area contributed by atoms with Crippen molar-refractivity contribution in [3.63, 3.8) is 0 Å². The number of aromatic nitrogens is 2. The fourth-order valence-electron chi connectivity index (χ4n) is 2.18. The number of nitrogens with zero attached hydrogens (tertiary/aromatic N) is 2. The largest absolute Gasteiger partial charge is 0.368 e. The third-order valence-electron chi connectivity index (χ3n) is 3.18. The summed E-state index contributed by atoms with van der Waals surface area (Å²) < 4.78 is 5.36. The number of carbonyl (C=O) groups excluding carboxylic acids is 1. The van der Waals surface area contributed by atoms with E-state index >= 15 is 0 Å². The summed E-state index contributed by atoms with van der Waals surface area (Å²) in [5.41, 5.74) is 1.61. The smallest absolute Gasteiger partial charge is 0.249 e. The van der Waals surface area contributed by atoms with Gasteiger partial charge in [0, 0.05) is 19.0 Å². The van der Waals surface area contributed by atoms with Crippen molar-refractivity contribution in [3.05, 3.63) is 35.6 Å². The maximum absolute atomic E-state index is 11.9. The van der Waals surface area contributed by atoms with Crippen LogP contribution in [0.4, 0.5) is 0 Å². The summed E-state index contributed by atoms with van der Waals surface area (Å²) >= 11 is 1.61. The molecule has 6 heteroatoms. The molecule has 1 amide bonds. The fourth-order valence-corrected chi connectivity index (χ4v) is 2.93. The van der Waals surface area contributed by atoms with Gasteiger partial charge in [-0.3, -0.25) is 14.8 Å². The van der Waals surface area contributed by atoms with Crippen molar-refractivity contribution in [2.75, 3.05) is 6.61 Å². The maximum Gasteiger partial charge on any atom is 0.249 e. The Balaban J connectivity index is 1.70. The minimum absolute atomic E-state index is 0.0646. The van der Waals surface area contributed by atoms with Crippen LogP contribution in [-0.2, 0) is 16.1 Å². The lowest BCUT2D eigenvalue weighted by atomic mass is 10.2. The summed E-state index contributed by atoms with van der Waals surface area (Å²) in [7, 11) is 0. The van der Waals surface area contributed by atoms with E-state index in [2.05, 4.69) is 15.3 Å². The first-order valence-electron chi connectivity index (χ1n) is 6.57. The van der Waals surface area contributed by atoms with E-state index in [1.807, 2.05) is 17.5 Å². The van der Waals surface area contributed by atoms with E-state index in [9.17, 15) is 4.79 Å². The van der Waals surface area contributed by atoms with E-state index in [1.54, 1.807) is 23.7 Å². The van der Waals surface area contributed by atoms with E-state index in [1.165, 1.54) is 0 Å². The number of amides is 1. The van der Waals surface area contributed by atoms with Crippen LogP contribution in [-0.4, -0.2) is 28.6 Å². The van der Waals surface area contributed by atoms with Crippen molar-refractivity contribution in [1.29, 1.82) is 0 Å². The third-order valence-corrected chi connectivity index (χ3v) is 4.06. The van der Waals surface area contributed by atoms with Gasteiger partial charge in [0.2, 0.25) is 5.91 Å². The molecule has 3 heterocycles. The monoisotopic (exact) mass is 289 g/mol. The molecule has 1 aliphatic heterocycles. The first kappa shape index (κ1) is 13.2. The second-order valence-corrected chi connectivity index (χ2v) is 5.50. The molecule has 1 aliphatic rings. The lowest BCUT2D eigenvalue weighted by Gasteiger charge is -2.11. The molecule has 3 rings (SSSR count). The molecule has 2 aromatic rings. The number of nitrogens with one attached hydrogen (secondary N) is 1. The Labute approximate surface area is 121 Å². The van der Waals surface area contributed by atoms with E-state index in [-0.39, 0.29) is 12.0 Å². The summed E-state index contributed by atoms with van der Waals surface area (Å²) in [5.74, 6) is -0.0646. The van der Waals surface area contributed by atoms with Crippen molar-refractivity contribution in [2.45, 2.75) is 25.5 Å². The van der Waals surface area contributed by atoms with E-state index in [0.717, 1.165) is 29.1 Å². The SMILES string of the molecule is O=C(NCc1nccnc1-c1cccs1)[C@H]1CCCO1. The number of carbonyl (C=O) groups is 1. The Kier molecular flexibility index (Phi) is 4.03. The molecule has 1 fully saturated rings. The molecule has 1 saturated heterocycles. The topological polar surface area (TPSA) is 64.1 Å². The highest BCUT2D eigenvalue weighted by Gasteiger charge is 2.23. The molecule has 0 bridgehead atoms. The molecule has 0 aromatic carbocycles. The highest BCUT2D eigenvalue weighted by molar-refractivity contribution is 7.13. The van der Waals surface area contributed by atoms with Crippen LogP contribution in [0.5, 0.6) is 0 Å². The summed E-state index contributed by atoms with van der Waals surface area (Å²) in [4.78, 5) is 21.7. The summed E-state index contributed by atoms with van der Waals surface area (Å²) in [5, 5.41) is 4.88. The second kappa shape index (κ2) is 6.11. The Bertz CT molecular complexity index is 580. The van der Waals surface area contributed by atoms with Gasteiger partial charge in [0.25, 0.3) is 0 Å². The molecule has 2 aromatic heterocycles. The summed E-state index contributed by atoms with van der Waals surface area (Å²) in [6.07, 6.45) is 4.75. The van der Waals surface area contributed by atoms with Crippen molar-refractivity contribution in [2.24, 2.45) is 0 Å². The van der Waals surface area contributed by atoms with Gasteiger partial charge in [-0.15, -0.1) is 11.3 Å². The highest BCUT2D eigenvalue weighted by Crippen LogP contribution is 2.24. The molecule has 0 unspecified atom stereocenters. The van der Waals surface area contributed by atoms with Crippen molar-refractivity contribution < 1.29 is 9.53 Å². The van der Waals surface area contributed by atoms with Crippen LogP contribution < -0.4 is 5.32 Å². The summed E-state index contributed by atoms with van der Waals surface area (Å²) in [6.45, 7) is 1.05. The molecule has 1 N–H and O–H groups in total. The minimum Gasteiger partial charge on any atom is -0.368 e. The van der Waals surface area contributed by atoms with Gasteiger partial charge in [0.1, 0.15) is 11.8 Å². The van der Waals surface area contributed by atoms with Gasteiger partial charge >= 0.3 is 0 Å². The van der Waals surface area contributed by atoms with Crippen molar-refractivity contribution >= 4 is 17.2 Å². The van der Waals surface area contributed by atoms with Gasteiger partial charge < -0.3 is 10.1 Å². The molecule has 20 heavy (non-hydrogen) atoms. The van der Waals surface area contributed by atoms with Gasteiger partial charge in [-0.25, -0.2) is 0 Å². The first-order chi connectivity index (χ1) is 9.84. The number of hydrogen-bond acceptors (Lipinski definition) is 5. The number of ether oxygens (including phenoxy) is 1. The van der Waals surface area contributed by atoms with Gasteiger partial charge in [0.15, 0.2) is 0 Å². The van der Waals surface area contributed by atoms with Crippen LogP contribution in [0, 0.1) is 0 Å². The second-order valence-electron chi connectivity index (χ2n) is 4.55. The Hall–Kier alpha value is -1.79. The van der Waals surface area contributed by atoms with E-state index in [0.29, 0.717) is 13.2 Å². The number of thiophene rings is 1. The highest BCUT2D eigenvalue weighted by atomic mass is 32.1. The number of rotatable bonds is 4. The fraction of sp³-hybridized carbons (Fsp3) is 0.357. The van der Waals surface area contributed by atoms with Crippen LogP contribution in [0.2, 0.25) is 0 Å². The first-order valence-corrected chi connectivity index (χ1v) is 7.45. The molecule has 104 valence electrons.